The van der Waals surface area contributed by atoms with Gasteiger partial charge in [-0.15, -0.1) is 0 Å². The first-order valence-corrected chi connectivity index (χ1v) is 8.02. The molecular weight excluding hydrogens is 280 g/mol. The van der Waals surface area contributed by atoms with E-state index in [2.05, 4.69) is 16.7 Å². The van der Waals surface area contributed by atoms with Crippen molar-refractivity contribution in [1.29, 1.82) is 0 Å². The number of aliphatic hydroxyl groups excluding tert-OH is 1. The largest absolute Gasteiger partial charge is 0.497 e. The summed E-state index contributed by atoms with van der Waals surface area (Å²) in [6.45, 7) is 0.651. The van der Waals surface area contributed by atoms with Crippen LogP contribution in [0.15, 0.2) is 24.3 Å². The van der Waals surface area contributed by atoms with Gasteiger partial charge in [-0.05, 0) is 56.2 Å². The van der Waals surface area contributed by atoms with Crippen molar-refractivity contribution in [3.63, 3.8) is 0 Å². The molecule has 1 aromatic carbocycles. The summed E-state index contributed by atoms with van der Waals surface area (Å²) in [6, 6.07) is 8.08. The summed E-state index contributed by atoms with van der Waals surface area (Å²) in [5.41, 5.74) is 1.21. The van der Waals surface area contributed by atoms with Gasteiger partial charge in [0.1, 0.15) is 5.75 Å². The predicted octanol–water partition coefficient (Wildman–Crippen LogP) is 2.23. The van der Waals surface area contributed by atoms with Crippen LogP contribution in [0.2, 0.25) is 0 Å². The second-order valence-electron chi connectivity index (χ2n) is 5.86. The Morgan fingerprint density at radius 1 is 1.32 bits per heavy atom. The van der Waals surface area contributed by atoms with Crippen LogP contribution in [0.4, 0.5) is 4.79 Å². The number of carbonyl (C=O) groups is 1. The van der Waals surface area contributed by atoms with Crippen molar-refractivity contribution in [2.75, 3.05) is 13.7 Å². The Labute approximate surface area is 132 Å². The van der Waals surface area contributed by atoms with Crippen LogP contribution in [0.1, 0.15) is 37.7 Å². The highest BCUT2D eigenvalue weighted by atomic mass is 16.5. The summed E-state index contributed by atoms with van der Waals surface area (Å²) in [7, 11) is 1.66. The third-order valence-electron chi connectivity index (χ3n) is 4.09. The molecular formula is C17H26N2O3. The van der Waals surface area contributed by atoms with Crippen molar-refractivity contribution >= 4 is 6.03 Å². The zero-order valence-corrected chi connectivity index (χ0v) is 13.2. The van der Waals surface area contributed by atoms with Gasteiger partial charge in [-0.3, -0.25) is 0 Å². The van der Waals surface area contributed by atoms with Crippen molar-refractivity contribution in [1.82, 2.24) is 10.6 Å². The molecule has 1 fully saturated rings. The van der Waals surface area contributed by atoms with Crippen LogP contribution in [-0.2, 0) is 6.42 Å². The van der Waals surface area contributed by atoms with Gasteiger partial charge in [0.25, 0.3) is 0 Å². The summed E-state index contributed by atoms with van der Waals surface area (Å²) >= 11 is 0. The molecule has 0 bridgehead atoms. The number of hydrogen-bond donors (Lipinski definition) is 3. The lowest BCUT2D eigenvalue weighted by Crippen LogP contribution is -2.44. The Balaban J connectivity index is 1.60. The first-order chi connectivity index (χ1) is 10.7. The van der Waals surface area contributed by atoms with Crippen LogP contribution in [0.3, 0.4) is 0 Å². The molecule has 1 aromatic rings. The molecule has 0 aromatic heterocycles. The van der Waals surface area contributed by atoms with Crippen molar-refractivity contribution in [2.24, 2.45) is 0 Å². The first kappa shape index (κ1) is 16.6. The van der Waals surface area contributed by atoms with Gasteiger partial charge in [0, 0.05) is 12.6 Å². The molecule has 1 saturated carbocycles. The average molecular weight is 306 g/mol. The van der Waals surface area contributed by atoms with Gasteiger partial charge in [-0.25, -0.2) is 4.79 Å². The maximum Gasteiger partial charge on any atom is 0.315 e. The van der Waals surface area contributed by atoms with Crippen LogP contribution >= 0.6 is 0 Å². The summed E-state index contributed by atoms with van der Waals surface area (Å²) < 4.78 is 5.19. The highest BCUT2D eigenvalue weighted by Gasteiger charge is 2.20. The minimum atomic E-state index is -0.191. The maximum atomic E-state index is 11.8. The van der Waals surface area contributed by atoms with E-state index >= 15 is 0 Å². The Hall–Kier alpha value is -1.75. The Morgan fingerprint density at radius 2 is 2.09 bits per heavy atom. The highest BCUT2D eigenvalue weighted by Crippen LogP contribution is 2.18. The number of aryl methyl sites for hydroxylation is 1. The second-order valence-corrected chi connectivity index (χ2v) is 5.86. The predicted molar refractivity (Wildman–Crippen MR) is 86.1 cm³/mol. The third kappa shape index (κ3) is 5.56. The Bertz CT molecular complexity index is 471. The molecule has 3 N–H and O–H groups in total. The van der Waals surface area contributed by atoms with E-state index in [1.165, 1.54) is 5.56 Å². The van der Waals surface area contributed by atoms with Crippen LogP contribution in [0.5, 0.6) is 5.75 Å². The molecule has 5 heteroatoms. The number of rotatable bonds is 6. The third-order valence-corrected chi connectivity index (χ3v) is 4.09. The molecule has 0 atom stereocenters. The van der Waals surface area contributed by atoms with E-state index < -0.39 is 0 Å². The van der Waals surface area contributed by atoms with E-state index in [0.29, 0.717) is 6.54 Å². The fourth-order valence-corrected chi connectivity index (χ4v) is 2.78. The van der Waals surface area contributed by atoms with E-state index in [4.69, 9.17) is 4.74 Å². The molecule has 1 aliphatic rings. The van der Waals surface area contributed by atoms with E-state index in [1.807, 2.05) is 18.2 Å². The van der Waals surface area contributed by atoms with Crippen molar-refractivity contribution in [2.45, 2.75) is 50.7 Å². The molecule has 0 saturated heterocycles. The molecule has 5 nitrogen and oxygen atoms in total. The zero-order chi connectivity index (χ0) is 15.8. The number of aliphatic hydroxyl groups is 1. The quantitative estimate of drug-likeness (QED) is 0.706. The summed E-state index contributed by atoms with van der Waals surface area (Å²) in [5, 5.41) is 15.3. The number of amides is 2. The molecule has 2 amide bonds. The lowest BCUT2D eigenvalue weighted by Gasteiger charge is -2.26. The van der Waals surface area contributed by atoms with E-state index in [1.54, 1.807) is 7.11 Å². The minimum Gasteiger partial charge on any atom is -0.497 e. The van der Waals surface area contributed by atoms with Crippen molar-refractivity contribution in [3.8, 4) is 5.75 Å². The van der Waals surface area contributed by atoms with Gasteiger partial charge < -0.3 is 20.5 Å². The minimum absolute atomic E-state index is 0.105. The van der Waals surface area contributed by atoms with Gasteiger partial charge in [0.05, 0.1) is 13.2 Å². The topological polar surface area (TPSA) is 70.6 Å². The van der Waals surface area contributed by atoms with Crippen molar-refractivity contribution in [3.05, 3.63) is 29.8 Å². The molecule has 2 rings (SSSR count). The van der Waals surface area contributed by atoms with Crippen LogP contribution in [-0.4, -0.2) is 36.9 Å². The standard InChI is InChI=1S/C17H26N2O3/c1-22-16-6-2-4-13(12-16)5-3-11-18-17(21)19-14-7-9-15(20)10-8-14/h2,4,6,12,14-15,20H,3,5,7-11H2,1H3,(H2,18,19,21). The summed E-state index contributed by atoms with van der Waals surface area (Å²) in [5.74, 6) is 0.864. The number of nitrogens with one attached hydrogen (secondary N) is 2. The molecule has 22 heavy (non-hydrogen) atoms. The lowest BCUT2D eigenvalue weighted by molar-refractivity contribution is 0.117. The second kappa shape index (κ2) is 8.63. The van der Waals surface area contributed by atoms with Crippen LogP contribution in [0, 0.1) is 0 Å². The van der Waals surface area contributed by atoms with Crippen molar-refractivity contribution < 1.29 is 14.6 Å². The fraction of sp³-hybridized carbons (Fsp3) is 0.588. The van der Waals surface area contributed by atoms with Gasteiger partial charge >= 0.3 is 6.03 Å². The molecule has 1 aliphatic carbocycles. The molecule has 0 radical (unpaired) electrons. The van der Waals surface area contributed by atoms with Gasteiger partial charge in [-0.1, -0.05) is 12.1 Å². The van der Waals surface area contributed by atoms with Gasteiger partial charge in [0.2, 0.25) is 0 Å². The number of ether oxygens (including phenoxy) is 1. The number of hydrogen-bond acceptors (Lipinski definition) is 3. The van der Waals surface area contributed by atoms with Crippen LogP contribution in [0.25, 0.3) is 0 Å². The monoisotopic (exact) mass is 306 g/mol. The van der Waals surface area contributed by atoms with Crippen LogP contribution < -0.4 is 15.4 Å². The SMILES string of the molecule is COc1cccc(CCCNC(=O)NC2CCC(O)CC2)c1. The maximum absolute atomic E-state index is 11.8. The molecule has 122 valence electrons. The number of methoxy groups -OCH3 is 1. The Morgan fingerprint density at radius 3 is 2.82 bits per heavy atom. The molecule has 0 heterocycles. The summed E-state index contributed by atoms with van der Waals surface area (Å²) in [6.07, 6.45) is 4.89. The van der Waals surface area contributed by atoms with E-state index in [9.17, 15) is 9.90 Å². The molecule has 0 aliphatic heterocycles. The number of urea groups is 1. The first-order valence-electron chi connectivity index (χ1n) is 8.02. The van der Waals surface area contributed by atoms with E-state index in [-0.39, 0.29) is 18.2 Å². The normalized spacial score (nSPS) is 21.2. The number of carbonyl (C=O) groups excluding carboxylic acids is 1. The smallest absolute Gasteiger partial charge is 0.315 e. The average Bonchev–Trinajstić information content (AvgIpc) is 2.54. The summed E-state index contributed by atoms with van der Waals surface area (Å²) in [4.78, 5) is 11.8. The molecule has 0 spiro atoms. The zero-order valence-electron chi connectivity index (χ0n) is 13.2. The highest BCUT2D eigenvalue weighted by molar-refractivity contribution is 5.74. The van der Waals surface area contributed by atoms with E-state index in [0.717, 1.165) is 44.3 Å². The fourth-order valence-electron chi connectivity index (χ4n) is 2.78. The van der Waals surface area contributed by atoms with Gasteiger partial charge in [-0.2, -0.15) is 0 Å². The van der Waals surface area contributed by atoms with Gasteiger partial charge in [0.15, 0.2) is 0 Å². The number of benzene rings is 1. The molecule has 0 unspecified atom stereocenters. The lowest BCUT2D eigenvalue weighted by atomic mass is 9.93. The Kier molecular flexibility index (Phi) is 6.52.